The summed E-state index contributed by atoms with van der Waals surface area (Å²) in [5.74, 6) is 0. The highest BCUT2D eigenvalue weighted by Gasteiger charge is 2.34. The second kappa shape index (κ2) is 7.61. The first-order valence-corrected chi connectivity index (χ1v) is 10.3. The maximum absolute atomic E-state index is 13.0. The second-order valence-corrected chi connectivity index (χ2v) is 8.54. The van der Waals surface area contributed by atoms with Crippen molar-refractivity contribution in [1.82, 2.24) is 4.98 Å². The van der Waals surface area contributed by atoms with Gasteiger partial charge in [-0.25, -0.2) is 13.4 Å². The van der Waals surface area contributed by atoms with Gasteiger partial charge in [0.2, 0.25) is 0 Å². The van der Waals surface area contributed by atoms with E-state index in [0.717, 1.165) is 23.5 Å². The Bertz CT molecular complexity index is 1200. The van der Waals surface area contributed by atoms with Crippen LogP contribution in [-0.2, 0) is 16.2 Å². The molecule has 7 nitrogen and oxygen atoms in total. The number of sulfonamides is 1. The molecule has 0 aliphatic rings. The van der Waals surface area contributed by atoms with Crippen molar-refractivity contribution >= 4 is 43.8 Å². The van der Waals surface area contributed by atoms with Gasteiger partial charge in [-0.15, -0.1) is 11.3 Å². The number of hydrogen-bond donors (Lipinski definition) is 1. The Labute approximate surface area is 171 Å². The molecule has 0 amide bonds. The normalized spacial score (nSPS) is 12.0. The first-order chi connectivity index (χ1) is 13.5. The minimum Gasteiger partial charge on any atom is -0.258 e. The number of halogens is 4. The molecule has 2 aromatic carbocycles. The first kappa shape index (κ1) is 21.0. The summed E-state index contributed by atoms with van der Waals surface area (Å²) < 4.78 is 65.9. The molecule has 0 saturated heterocycles. The van der Waals surface area contributed by atoms with E-state index in [1.165, 1.54) is 23.6 Å². The second-order valence-electron chi connectivity index (χ2n) is 5.59. The van der Waals surface area contributed by atoms with Crippen molar-refractivity contribution in [1.29, 1.82) is 0 Å². The van der Waals surface area contributed by atoms with Gasteiger partial charge >= 0.3 is 6.18 Å². The number of alkyl halides is 3. The molecule has 1 heterocycles. The largest absolute Gasteiger partial charge is 0.417 e. The molecule has 13 heteroatoms. The fraction of sp³-hybridized carbons (Fsp3) is 0.0625. The van der Waals surface area contributed by atoms with E-state index in [2.05, 4.69) is 9.71 Å². The summed E-state index contributed by atoms with van der Waals surface area (Å²) in [7, 11) is -4.37. The SMILES string of the molecule is O=[N+]([O-])c1cccc(-c2csc(NS(=O)(=O)c3ccc(Cl)c(C(F)(F)F)c3)n2)c1. The van der Waals surface area contributed by atoms with Gasteiger partial charge in [-0.3, -0.25) is 14.8 Å². The maximum Gasteiger partial charge on any atom is 0.417 e. The van der Waals surface area contributed by atoms with Gasteiger partial charge in [-0.05, 0) is 18.2 Å². The van der Waals surface area contributed by atoms with Gasteiger partial charge in [-0.2, -0.15) is 13.2 Å². The van der Waals surface area contributed by atoms with Crippen molar-refractivity contribution in [2.45, 2.75) is 11.1 Å². The van der Waals surface area contributed by atoms with Crippen molar-refractivity contribution in [2.75, 3.05) is 4.72 Å². The number of aromatic nitrogens is 1. The van der Waals surface area contributed by atoms with Gasteiger partial charge < -0.3 is 0 Å². The van der Waals surface area contributed by atoms with E-state index in [4.69, 9.17) is 11.6 Å². The van der Waals surface area contributed by atoms with Crippen LogP contribution in [0.25, 0.3) is 11.3 Å². The third-order valence-electron chi connectivity index (χ3n) is 3.63. The summed E-state index contributed by atoms with van der Waals surface area (Å²) in [5.41, 5.74) is -0.799. The van der Waals surface area contributed by atoms with Gasteiger partial charge in [0.25, 0.3) is 15.7 Å². The molecule has 0 saturated carbocycles. The number of nitro benzene ring substituents is 1. The lowest BCUT2D eigenvalue weighted by Crippen LogP contribution is -2.15. The number of thiazole rings is 1. The highest BCUT2D eigenvalue weighted by Crippen LogP contribution is 2.36. The number of nitrogens with one attached hydrogen (secondary N) is 1. The van der Waals surface area contributed by atoms with Crippen LogP contribution in [0, 0.1) is 10.1 Å². The summed E-state index contributed by atoms with van der Waals surface area (Å²) in [6.07, 6.45) is -4.82. The van der Waals surface area contributed by atoms with Crippen LogP contribution in [0.5, 0.6) is 0 Å². The van der Waals surface area contributed by atoms with E-state index in [9.17, 15) is 31.7 Å². The molecule has 0 bridgehead atoms. The highest BCUT2D eigenvalue weighted by atomic mass is 35.5. The lowest BCUT2D eigenvalue weighted by Gasteiger charge is -2.11. The van der Waals surface area contributed by atoms with E-state index in [-0.39, 0.29) is 16.5 Å². The molecule has 152 valence electrons. The van der Waals surface area contributed by atoms with Crippen LogP contribution in [0.15, 0.2) is 52.7 Å². The molecule has 29 heavy (non-hydrogen) atoms. The third-order valence-corrected chi connectivity index (χ3v) is 6.19. The molecule has 0 atom stereocenters. The molecule has 3 rings (SSSR count). The maximum atomic E-state index is 13.0. The fourth-order valence-corrected chi connectivity index (χ4v) is 4.52. The quantitative estimate of drug-likeness (QED) is 0.414. The Morgan fingerprint density at radius 2 is 1.90 bits per heavy atom. The summed E-state index contributed by atoms with van der Waals surface area (Å²) in [4.78, 5) is 13.7. The molecule has 0 unspecified atom stereocenters. The van der Waals surface area contributed by atoms with Crippen molar-refractivity contribution in [3.05, 3.63) is 68.5 Å². The number of rotatable bonds is 5. The van der Waals surface area contributed by atoms with Gasteiger partial charge in [0, 0.05) is 23.1 Å². The summed E-state index contributed by atoms with van der Waals surface area (Å²) in [6, 6.07) is 7.77. The molecule has 3 aromatic rings. The number of benzene rings is 2. The summed E-state index contributed by atoms with van der Waals surface area (Å²) in [5, 5.41) is 11.6. The third kappa shape index (κ3) is 4.66. The van der Waals surface area contributed by atoms with Crippen molar-refractivity contribution in [3.8, 4) is 11.3 Å². The Morgan fingerprint density at radius 1 is 1.17 bits per heavy atom. The molecule has 0 fully saturated rings. The lowest BCUT2D eigenvalue weighted by molar-refractivity contribution is -0.384. The highest BCUT2D eigenvalue weighted by molar-refractivity contribution is 7.93. The molecule has 0 spiro atoms. The Hall–Kier alpha value is -2.70. The van der Waals surface area contributed by atoms with Crippen molar-refractivity contribution in [2.24, 2.45) is 0 Å². The lowest BCUT2D eigenvalue weighted by atomic mass is 10.1. The van der Waals surface area contributed by atoms with Crippen LogP contribution in [0.2, 0.25) is 5.02 Å². The number of hydrogen-bond acceptors (Lipinski definition) is 6. The molecule has 1 aromatic heterocycles. The molecular weight excluding hydrogens is 455 g/mol. The minimum absolute atomic E-state index is 0.116. The van der Waals surface area contributed by atoms with Gasteiger partial charge in [-0.1, -0.05) is 23.7 Å². The zero-order valence-electron chi connectivity index (χ0n) is 14.0. The summed E-state index contributed by atoms with van der Waals surface area (Å²) >= 11 is 6.38. The van der Waals surface area contributed by atoms with Crippen LogP contribution in [0.4, 0.5) is 24.0 Å². The zero-order valence-corrected chi connectivity index (χ0v) is 16.4. The predicted octanol–water partition coefficient (Wildman–Crippen LogP) is 5.19. The average Bonchev–Trinajstić information content (AvgIpc) is 3.08. The Morgan fingerprint density at radius 3 is 2.55 bits per heavy atom. The molecule has 0 aliphatic carbocycles. The zero-order chi connectivity index (χ0) is 21.4. The number of nitrogens with zero attached hydrogens (tertiary/aromatic N) is 2. The number of non-ortho nitro benzene ring substituents is 1. The minimum atomic E-state index is -4.82. The van der Waals surface area contributed by atoms with Gasteiger partial charge in [0.05, 0.1) is 26.1 Å². The van der Waals surface area contributed by atoms with E-state index >= 15 is 0 Å². The molecular formula is C16H9ClF3N3O4S2. The van der Waals surface area contributed by atoms with Crippen LogP contribution in [-0.4, -0.2) is 18.3 Å². The first-order valence-electron chi connectivity index (χ1n) is 7.57. The van der Waals surface area contributed by atoms with E-state index in [1.54, 1.807) is 6.07 Å². The van der Waals surface area contributed by atoms with E-state index in [1.807, 2.05) is 0 Å². The van der Waals surface area contributed by atoms with Crippen LogP contribution >= 0.6 is 22.9 Å². The van der Waals surface area contributed by atoms with Crippen LogP contribution < -0.4 is 4.72 Å². The Balaban J connectivity index is 1.89. The predicted molar refractivity (Wildman–Crippen MR) is 101 cm³/mol. The van der Waals surface area contributed by atoms with E-state index < -0.39 is 36.6 Å². The van der Waals surface area contributed by atoms with Crippen LogP contribution in [0.1, 0.15) is 5.56 Å². The van der Waals surface area contributed by atoms with Gasteiger partial charge in [0.15, 0.2) is 5.13 Å². The number of anilines is 1. The average molecular weight is 464 g/mol. The molecule has 0 aliphatic heterocycles. The standard InChI is InChI=1S/C16H9ClF3N3O4S2/c17-13-5-4-11(7-12(13)16(18,19)20)29(26,27)22-15-21-14(8-28-15)9-2-1-3-10(6-9)23(24)25/h1-8H,(H,21,22). The molecule has 1 N–H and O–H groups in total. The van der Waals surface area contributed by atoms with Crippen molar-refractivity contribution < 1.29 is 26.5 Å². The number of nitro groups is 1. The summed E-state index contributed by atoms with van der Waals surface area (Å²) in [6.45, 7) is 0. The van der Waals surface area contributed by atoms with E-state index in [0.29, 0.717) is 11.6 Å². The van der Waals surface area contributed by atoms with Crippen LogP contribution in [0.3, 0.4) is 0 Å². The smallest absolute Gasteiger partial charge is 0.258 e. The Kier molecular flexibility index (Phi) is 5.52. The van der Waals surface area contributed by atoms with Gasteiger partial charge in [0.1, 0.15) is 0 Å². The monoisotopic (exact) mass is 463 g/mol. The van der Waals surface area contributed by atoms with Crippen molar-refractivity contribution in [3.63, 3.8) is 0 Å². The molecule has 0 radical (unpaired) electrons. The topological polar surface area (TPSA) is 102 Å². The fourth-order valence-electron chi connectivity index (χ4n) is 2.29.